The SMILES string of the molecule is CCCNC(CC)(Cc1ccccc1)C(=O)O. The van der Waals surface area contributed by atoms with Crippen molar-refractivity contribution >= 4 is 5.97 Å². The Labute approximate surface area is 103 Å². The fraction of sp³-hybridized carbons (Fsp3) is 0.500. The predicted octanol–water partition coefficient (Wildman–Crippen LogP) is 2.46. The minimum atomic E-state index is -0.836. The summed E-state index contributed by atoms with van der Waals surface area (Å²) in [6.07, 6.45) is 2.04. The molecular weight excluding hydrogens is 214 g/mol. The Morgan fingerprint density at radius 2 is 1.94 bits per heavy atom. The number of aliphatic carboxylic acids is 1. The monoisotopic (exact) mass is 235 g/mol. The van der Waals surface area contributed by atoms with Crippen molar-refractivity contribution in [2.24, 2.45) is 0 Å². The molecule has 0 amide bonds. The van der Waals surface area contributed by atoms with Gasteiger partial charge in [-0.25, -0.2) is 0 Å². The molecule has 0 heterocycles. The molecule has 1 rings (SSSR count). The first-order valence-electron chi connectivity index (χ1n) is 6.17. The van der Waals surface area contributed by atoms with Gasteiger partial charge in [0.2, 0.25) is 0 Å². The van der Waals surface area contributed by atoms with E-state index < -0.39 is 11.5 Å². The first-order chi connectivity index (χ1) is 8.14. The summed E-state index contributed by atoms with van der Waals surface area (Å²) in [6.45, 7) is 4.69. The molecule has 0 saturated carbocycles. The molecule has 3 heteroatoms. The van der Waals surface area contributed by atoms with E-state index in [9.17, 15) is 9.90 Å². The van der Waals surface area contributed by atoms with Gasteiger partial charge < -0.3 is 10.4 Å². The molecule has 0 spiro atoms. The fourth-order valence-corrected chi connectivity index (χ4v) is 1.92. The molecule has 0 aliphatic heterocycles. The fourth-order valence-electron chi connectivity index (χ4n) is 1.92. The van der Waals surface area contributed by atoms with Crippen LogP contribution in [0.25, 0.3) is 0 Å². The van der Waals surface area contributed by atoms with E-state index in [0.29, 0.717) is 12.8 Å². The summed E-state index contributed by atoms with van der Waals surface area (Å²) < 4.78 is 0. The van der Waals surface area contributed by atoms with Crippen LogP contribution < -0.4 is 5.32 Å². The van der Waals surface area contributed by atoms with Crippen LogP contribution in [0.3, 0.4) is 0 Å². The zero-order valence-corrected chi connectivity index (χ0v) is 10.6. The second-order valence-electron chi connectivity index (χ2n) is 4.33. The smallest absolute Gasteiger partial charge is 0.324 e. The third-order valence-electron chi connectivity index (χ3n) is 3.08. The van der Waals surface area contributed by atoms with E-state index >= 15 is 0 Å². The van der Waals surface area contributed by atoms with Crippen molar-refractivity contribution < 1.29 is 9.90 Å². The molecule has 94 valence electrons. The molecule has 0 aliphatic rings. The van der Waals surface area contributed by atoms with Crippen molar-refractivity contribution in [3.63, 3.8) is 0 Å². The van der Waals surface area contributed by atoms with E-state index in [1.165, 1.54) is 0 Å². The Balaban J connectivity index is 2.86. The lowest BCUT2D eigenvalue weighted by atomic mass is 9.88. The van der Waals surface area contributed by atoms with Gasteiger partial charge >= 0.3 is 5.97 Å². The summed E-state index contributed by atoms with van der Waals surface area (Å²) in [5, 5.41) is 12.6. The number of hydrogen-bond donors (Lipinski definition) is 2. The van der Waals surface area contributed by atoms with E-state index in [2.05, 4.69) is 5.32 Å². The Morgan fingerprint density at radius 3 is 2.41 bits per heavy atom. The van der Waals surface area contributed by atoms with Gasteiger partial charge in [-0.05, 0) is 24.9 Å². The van der Waals surface area contributed by atoms with Crippen LogP contribution in [0.5, 0.6) is 0 Å². The van der Waals surface area contributed by atoms with Crippen LogP contribution in [0.15, 0.2) is 30.3 Å². The Bertz CT molecular complexity index is 350. The van der Waals surface area contributed by atoms with Crippen molar-refractivity contribution in [2.45, 2.75) is 38.6 Å². The molecule has 1 unspecified atom stereocenters. The number of carboxylic acid groups (broad SMARTS) is 1. The van der Waals surface area contributed by atoms with Gasteiger partial charge in [-0.15, -0.1) is 0 Å². The van der Waals surface area contributed by atoms with Crippen LogP contribution >= 0.6 is 0 Å². The number of carboxylic acids is 1. The van der Waals surface area contributed by atoms with Gasteiger partial charge in [0.1, 0.15) is 5.54 Å². The molecule has 0 bridgehead atoms. The van der Waals surface area contributed by atoms with Crippen molar-refractivity contribution in [3.05, 3.63) is 35.9 Å². The van der Waals surface area contributed by atoms with E-state index in [0.717, 1.165) is 18.5 Å². The van der Waals surface area contributed by atoms with Gasteiger partial charge in [0.15, 0.2) is 0 Å². The summed E-state index contributed by atoms with van der Waals surface area (Å²) in [6, 6.07) is 9.77. The van der Waals surface area contributed by atoms with Gasteiger partial charge in [-0.3, -0.25) is 4.79 Å². The van der Waals surface area contributed by atoms with Crippen molar-refractivity contribution in [1.82, 2.24) is 5.32 Å². The largest absolute Gasteiger partial charge is 0.480 e. The van der Waals surface area contributed by atoms with Gasteiger partial charge in [-0.2, -0.15) is 0 Å². The number of carbonyl (C=O) groups is 1. The minimum absolute atomic E-state index is 0.527. The second kappa shape index (κ2) is 6.40. The van der Waals surface area contributed by atoms with Crippen LogP contribution in [0.1, 0.15) is 32.3 Å². The molecule has 0 aromatic heterocycles. The minimum Gasteiger partial charge on any atom is -0.480 e. The third kappa shape index (κ3) is 3.56. The summed E-state index contributed by atoms with van der Waals surface area (Å²) >= 11 is 0. The third-order valence-corrected chi connectivity index (χ3v) is 3.08. The van der Waals surface area contributed by atoms with Gasteiger partial charge in [0.25, 0.3) is 0 Å². The average Bonchev–Trinajstić information content (AvgIpc) is 2.35. The molecule has 1 aromatic carbocycles. The highest BCUT2D eigenvalue weighted by atomic mass is 16.4. The molecule has 0 fully saturated rings. The lowest BCUT2D eigenvalue weighted by Crippen LogP contribution is -2.53. The first-order valence-corrected chi connectivity index (χ1v) is 6.17. The molecular formula is C14H21NO2. The van der Waals surface area contributed by atoms with Crippen LogP contribution in [0, 0.1) is 0 Å². The Morgan fingerprint density at radius 1 is 1.29 bits per heavy atom. The number of nitrogens with one attached hydrogen (secondary N) is 1. The maximum absolute atomic E-state index is 11.5. The molecule has 1 atom stereocenters. The number of benzene rings is 1. The predicted molar refractivity (Wildman–Crippen MR) is 69.1 cm³/mol. The quantitative estimate of drug-likeness (QED) is 0.763. The van der Waals surface area contributed by atoms with E-state index in [1.54, 1.807) is 0 Å². The zero-order valence-electron chi connectivity index (χ0n) is 10.6. The average molecular weight is 235 g/mol. The Hall–Kier alpha value is -1.35. The highest BCUT2D eigenvalue weighted by Gasteiger charge is 2.35. The molecule has 2 N–H and O–H groups in total. The van der Waals surface area contributed by atoms with Crippen LogP contribution in [-0.2, 0) is 11.2 Å². The van der Waals surface area contributed by atoms with E-state index in [4.69, 9.17) is 0 Å². The highest BCUT2D eigenvalue weighted by Crippen LogP contribution is 2.18. The molecule has 1 aromatic rings. The maximum atomic E-state index is 11.5. The number of hydrogen-bond acceptors (Lipinski definition) is 2. The van der Waals surface area contributed by atoms with Crippen LogP contribution in [0.4, 0.5) is 0 Å². The maximum Gasteiger partial charge on any atom is 0.324 e. The normalized spacial score (nSPS) is 14.2. The number of rotatable bonds is 7. The molecule has 17 heavy (non-hydrogen) atoms. The topological polar surface area (TPSA) is 49.3 Å². The van der Waals surface area contributed by atoms with Gasteiger partial charge in [0.05, 0.1) is 0 Å². The van der Waals surface area contributed by atoms with Crippen molar-refractivity contribution in [1.29, 1.82) is 0 Å². The molecule has 0 radical (unpaired) electrons. The summed E-state index contributed by atoms with van der Waals surface area (Å²) in [4.78, 5) is 11.5. The first kappa shape index (κ1) is 13.7. The van der Waals surface area contributed by atoms with Crippen LogP contribution in [0.2, 0.25) is 0 Å². The standard InChI is InChI=1S/C14H21NO2/c1-3-10-15-14(4-2,13(16)17)11-12-8-6-5-7-9-12/h5-9,15H,3-4,10-11H2,1-2H3,(H,16,17). The highest BCUT2D eigenvalue weighted by molar-refractivity contribution is 5.79. The molecule has 0 aliphatic carbocycles. The summed E-state index contributed by atoms with van der Waals surface area (Å²) in [7, 11) is 0. The van der Waals surface area contributed by atoms with Crippen molar-refractivity contribution in [3.8, 4) is 0 Å². The lowest BCUT2D eigenvalue weighted by Gasteiger charge is -2.29. The van der Waals surface area contributed by atoms with Crippen LogP contribution in [-0.4, -0.2) is 23.2 Å². The summed E-state index contributed by atoms with van der Waals surface area (Å²) in [5.41, 5.74) is 0.220. The van der Waals surface area contributed by atoms with Gasteiger partial charge in [-0.1, -0.05) is 44.2 Å². The molecule has 0 saturated heterocycles. The summed E-state index contributed by atoms with van der Waals surface area (Å²) in [5.74, 6) is -0.766. The lowest BCUT2D eigenvalue weighted by molar-refractivity contribution is -0.145. The zero-order chi connectivity index (χ0) is 12.7. The second-order valence-corrected chi connectivity index (χ2v) is 4.33. The van der Waals surface area contributed by atoms with Crippen molar-refractivity contribution in [2.75, 3.05) is 6.54 Å². The molecule has 3 nitrogen and oxygen atoms in total. The van der Waals surface area contributed by atoms with Gasteiger partial charge in [0, 0.05) is 6.42 Å². The van der Waals surface area contributed by atoms with E-state index in [-0.39, 0.29) is 0 Å². The Kier molecular flexibility index (Phi) is 5.16. The van der Waals surface area contributed by atoms with E-state index in [1.807, 2.05) is 44.2 Å².